The summed E-state index contributed by atoms with van der Waals surface area (Å²) in [4.78, 5) is 32.9. The highest BCUT2D eigenvalue weighted by Crippen LogP contribution is 2.26. The number of aromatic amines is 1. The molecule has 1 fully saturated rings. The molecular formula is C27H25FN4O2. The number of nitrogens with one attached hydrogen (secondary N) is 3. The molecule has 0 spiro atoms. The standard InChI is InChI=1S/C27H25FN4O2/c28-21-8-4-5-9-22(21)32-27(34)19-12-15-23-24(16-19)31-25(30-23)17-10-13-20(14-11-17)29-26(33)18-6-2-1-3-7-18/h4-5,8-16,18H,1-3,6-7H2,(H,29,33)(H,30,31)(H,32,34). The number of aromatic nitrogens is 2. The fraction of sp³-hybridized carbons (Fsp3) is 0.222. The molecule has 0 atom stereocenters. The van der Waals surface area contributed by atoms with Gasteiger partial charge < -0.3 is 15.6 Å². The van der Waals surface area contributed by atoms with Crippen molar-refractivity contribution in [3.63, 3.8) is 0 Å². The number of amides is 2. The molecule has 6 nitrogen and oxygen atoms in total. The van der Waals surface area contributed by atoms with Gasteiger partial charge in [-0.05, 0) is 67.4 Å². The molecule has 1 aromatic heterocycles. The van der Waals surface area contributed by atoms with E-state index in [0.29, 0.717) is 22.4 Å². The smallest absolute Gasteiger partial charge is 0.255 e. The van der Waals surface area contributed by atoms with Crippen LogP contribution in [0.2, 0.25) is 0 Å². The molecule has 172 valence electrons. The Balaban J connectivity index is 1.30. The maximum atomic E-state index is 13.8. The number of halogens is 1. The Morgan fingerprint density at radius 2 is 1.68 bits per heavy atom. The van der Waals surface area contributed by atoms with Crippen molar-refractivity contribution in [3.05, 3.63) is 78.1 Å². The summed E-state index contributed by atoms with van der Waals surface area (Å²) in [5.74, 6) is -0.0295. The molecule has 5 rings (SSSR count). The maximum Gasteiger partial charge on any atom is 0.255 e. The highest BCUT2D eigenvalue weighted by atomic mass is 19.1. The number of anilines is 2. The number of benzene rings is 3. The summed E-state index contributed by atoms with van der Waals surface area (Å²) in [5.41, 5.74) is 3.57. The van der Waals surface area contributed by atoms with Gasteiger partial charge in [0.2, 0.25) is 5.91 Å². The van der Waals surface area contributed by atoms with Crippen molar-refractivity contribution < 1.29 is 14.0 Å². The summed E-state index contributed by atoms with van der Waals surface area (Å²) in [6, 6.07) is 18.7. The van der Waals surface area contributed by atoms with Gasteiger partial charge in [-0.25, -0.2) is 9.37 Å². The Hall–Kier alpha value is -4.00. The molecule has 34 heavy (non-hydrogen) atoms. The molecule has 3 aromatic carbocycles. The molecule has 7 heteroatoms. The van der Waals surface area contributed by atoms with Gasteiger partial charge in [-0.15, -0.1) is 0 Å². The second kappa shape index (κ2) is 9.47. The fourth-order valence-corrected chi connectivity index (χ4v) is 4.37. The van der Waals surface area contributed by atoms with E-state index in [2.05, 4.69) is 20.6 Å². The number of rotatable bonds is 5. The topological polar surface area (TPSA) is 86.9 Å². The lowest BCUT2D eigenvalue weighted by atomic mass is 9.88. The fourth-order valence-electron chi connectivity index (χ4n) is 4.37. The van der Waals surface area contributed by atoms with E-state index in [0.717, 1.165) is 36.9 Å². The van der Waals surface area contributed by atoms with Gasteiger partial charge in [0.25, 0.3) is 5.91 Å². The monoisotopic (exact) mass is 456 g/mol. The number of nitrogens with zero attached hydrogens (tertiary/aromatic N) is 1. The number of H-pyrrole nitrogens is 1. The van der Waals surface area contributed by atoms with Crippen LogP contribution in [0.25, 0.3) is 22.4 Å². The Morgan fingerprint density at radius 3 is 2.44 bits per heavy atom. The van der Waals surface area contributed by atoms with Crippen molar-refractivity contribution in [3.8, 4) is 11.4 Å². The summed E-state index contributed by atoms with van der Waals surface area (Å²) in [6.07, 6.45) is 5.38. The van der Waals surface area contributed by atoms with Gasteiger partial charge in [0, 0.05) is 22.7 Å². The third kappa shape index (κ3) is 4.69. The summed E-state index contributed by atoms with van der Waals surface area (Å²) in [5, 5.41) is 5.61. The minimum atomic E-state index is -0.487. The molecule has 3 N–H and O–H groups in total. The van der Waals surface area contributed by atoms with E-state index in [9.17, 15) is 14.0 Å². The van der Waals surface area contributed by atoms with Gasteiger partial charge >= 0.3 is 0 Å². The van der Waals surface area contributed by atoms with Crippen molar-refractivity contribution in [2.45, 2.75) is 32.1 Å². The van der Waals surface area contributed by atoms with Gasteiger partial charge in [0.15, 0.2) is 0 Å². The van der Waals surface area contributed by atoms with Crippen LogP contribution in [-0.4, -0.2) is 21.8 Å². The number of hydrogen-bond donors (Lipinski definition) is 3. The zero-order chi connectivity index (χ0) is 23.5. The number of hydrogen-bond acceptors (Lipinski definition) is 3. The van der Waals surface area contributed by atoms with Crippen LogP contribution >= 0.6 is 0 Å². The summed E-state index contributed by atoms with van der Waals surface area (Å²) in [6.45, 7) is 0. The average molecular weight is 457 g/mol. The van der Waals surface area contributed by atoms with E-state index in [4.69, 9.17) is 0 Å². The van der Waals surface area contributed by atoms with Gasteiger partial charge in [-0.3, -0.25) is 9.59 Å². The van der Waals surface area contributed by atoms with Gasteiger partial charge in [0.1, 0.15) is 11.6 Å². The first-order valence-corrected chi connectivity index (χ1v) is 11.5. The molecule has 1 heterocycles. The van der Waals surface area contributed by atoms with E-state index in [1.807, 2.05) is 24.3 Å². The molecule has 0 saturated heterocycles. The highest BCUT2D eigenvalue weighted by molar-refractivity contribution is 6.06. The molecule has 0 bridgehead atoms. The van der Waals surface area contributed by atoms with Crippen LogP contribution in [0.4, 0.5) is 15.8 Å². The van der Waals surface area contributed by atoms with Crippen LogP contribution in [-0.2, 0) is 4.79 Å². The van der Waals surface area contributed by atoms with E-state index in [-0.39, 0.29) is 17.5 Å². The Bertz CT molecular complexity index is 1340. The second-order valence-electron chi connectivity index (χ2n) is 8.65. The average Bonchev–Trinajstić information content (AvgIpc) is 3.30. The predicted octanol–water partition coefficient (Wildman–Crippen LogP) is 6.14. The van der Waals surface area contributed by atoms with Crippen LogP contribution in [0.15, 0.2) is 66.7 Å². The van der Waals surface area contributed by atoms with Crippen molar-refractivity contribution in [2.75, 3.05) is 10.6 Å². The van der Waals surface area contributed by atoms with E-state index >= 15 is 0 Å². The highest BCUT2D eigenvalue weighted by Gasteiger charge is 2.21. The predicted molar refractivity (Wildman–Crippen MR) is 131 cm³/mol. The van der Waals surface area contributed by atoms with Gasteiger partial charge in [0.05, 0.1) is 16.7 Å². The van der Waals surface area contributed by atoms with Crippen molar-refractivity contribution >= 4 is 34.2 Å². The minimum absolute atomic E-state index is 0.0948. The molecule has 0 radical (unpaired) electrons. The minimum Gasteiger partial charge on any atom is -0.338 e. The maximum absolute atomic E-state index is 13.8. The van der Waals surface area contributed by atoms with E-state index < -0.39 is 11.7 Å². The molecular weight excluding hydrogens is 431 g/mol. The molecule has 2 amide bonds. The normalized spacial score (nSPS) is 14.1. The lowest BCUT2D eigenvalue weighted by Gasteiger charge is -2.20. The largest absolute Gasteiger partial charge is 0.338 e. The first-order valence-electron chi connectivity index (χ1n) is 11.5. The van der Waals surface area contributed by atoms with Crippen LogP contribution in [0.5, 0.6) is 0 Å². The van der Waals surface area contributed by atoms with Crippen molar-refractivity contribution in [1.82, 2.24) is 9.97 Å². The first-order chi connectivity index (χ1) is 16.6. The first kappa shape index (κ1) is 21.8. The molecule has 0 unspecified atom stereocenters. The van der Waals surface area contributed by atoms with Crippen LogP contribution in [0, 0.1) is 11.7 Å². The summed E-state index contributed by atoms with van der Waals surface area (Å²) in [7, 11) is 0. The zero-order valence-electron chi connectivity index (χ0n) is 18.6. The number of para-hydroxylation sites is 1. The van der Waals surface area contributed by atoms with Crippen LogP contribution in [0.3, 0.4) is 0 Å². The Kier molecular flexibility index (Phi) is 6.08. The number of carbonyl (C=O) groups is 2. The molecule has 1 saturated carbocycles. The lowest BCUT2D eigenvalue weighted by molar-refractivity contribution is -0.120. The van der Waals surface area contributed by atoms with E-state index in [1.54, 1.807) is 30.3 Å². The van der Waals surface area contributed by atoms with Gasteiger partial charge in [-0.2, -0.15) is 0 Å². The molecule has 4 aromatic rings. The number of imidazole rings is 1. The third-order valence-electron chi connectivity index (χ3n) is 6.27. The van der Waals surface area contributed by atoms with Crippen LogP contribution < -0.4 is 10.6 Å². The summed E-state index contributed by atoms with van der Waals surface area (Å²) >= 11 is 0. The Labute approximate surface area is 196 Å². The SMILES string of the molecule is O=C(Nc1ccccc1F)c1ccc2nc(-c3ccc(NC(=O)C4CCCCC4)cc3)[nH]c2c1. The zero-order valence-corrected chi connectivity index (χ0v) is 18.6. The molecule has 1 aliphatic carbocycles. The van der Waals surface area contributed by atoms with Crippen molar-refractivity contribution in [2.24, 2.45) is 5.92 Å². The van der Waals surface area contributed by atoms with Crippen LogP contribution in [0.1, 0.15) is 42.5 Å². The van der Waals surface area contributed by atoms with Gasteiger partial charge in [-0.1, -0.05) is 31.4 Å². The third-order valence-corrected chi connectivity index (χ3v) is 6.27. The Morgan fingerprint density at radius 1 is 0.912 bits per heavy atom. The summed E-state index contributed by atoms with van der Waals surface area (Å²) < 4.78 is 13.8. The van der Waals surface area contributed by atoms with E-state index in [1.165, 1.54) is 18.6 Å². The number of fused-ring (bicyclic) bond motifs is 1. The quantitative estimate of drug-likeness (QED) is 0.337. The lowest BCUT2D eigenvalue weighted by Crippen LogP contribution is -2.24. The second-order valence-corrected chi connectivity index (χ2v) is 8.65. The molecule has 0 aliphatic heterocycles. The van der Waals surface area contributed by atoms with Crippen molar-refractivity contribution in [1.29, 1.82) is 0 Å². The molecule has 1 aliphatic rings. The number of carbonyl (C=O) groups excluding carboxylic acids is 2.